The summed E-state index contributed by atoms with van der Waals surface area (Å²) in [6.45, 7) is 0.108. The lowest BCUT2D eigenvalue weighted by Crippen LogP contribution is -2.38. The van der Waals surface area contributed by atoms with Gasteiger partial charge in [0.05, 0.1) is 5.02 Å². The first-order valence-corrected chi connectivity index (χ1v) is 8.12. The van der Waals surface area contributed by atoms with Crippen molar-refractivity contribution in [3.8, 4) is 10.6 Å². The van der Waals surface area contributed by atoms with Gasteiger partial charge in [0.15, 0.2) is 0 Å². The summed E-state index contributed by atoms with van der Waals surface area (Å²) in [5.74, 6) is -0.766. The van der Waals surface area contributed by atoms with E-state index in [2.05, 4.69) is 4.98 Å². The molecule has 9 heteroatoms. The van der Waals surface area contributed by atoms with Crippen LogP contribution in [0.15, 0.2) is 23.6 Å². The van der Waals surface area contributed by atoms with Crippen LogP contribution < -0.4 is 0 Å². The van der Waals surface area contributed by atoms with Crippen LogP contribution in [-0.2, 0) is 0 Å². The fourth-order valence-corrected chi connectivity index (χ4v) is 3.25. The minimum atomic E-state index is -4.45. The third-order valence-corrected chi connectivity index (χ3v) is 4.35. The van der Waals surface area contributed by atoms with Crippen molar-refractivity contribution >= 4 is 40.4 Å². The number of rotatable bonds is 4. The number of halogens is 5. The summed E-state index contributed by atoms with van der Waals surface area (Å²) in [6, 6.07) is 4.79. The summed E-state index contributed by atoms with van der Waals surface area (Å²) in [4.78, 5) is 17.0. The highest BCUT2D eigenvalue weighted by Crippen LogP contribution is 2.32. The van der Waals surface area contributed by atoms with Gasteiger partial charge in [-0.2, -0.15) is 13.2 Å². The highest BCUT2D eigenvalue weighted by molar-refractivity contribution is 7.13. The molecule has 1 aromatic heterocycles. The second-order valence-corrected chi connectivity index (χ2v) is 6.30. The van der Waals surface area contributed by atoms with E-state index in [1.54, 1.807) is 12.1 Å². The molecule has 0 radical (unpaired) electrons. The molecule has 3 nitrogen and oxygen atoms in total. The number of carbonyl (C=O) groups is 1. The number of carbonyl (C=O) groups excluding carboxylic acids is 1. The van der Waals surface area contributed by atoms with Crippen LogP contribution in [-0.4, -0.2) is 35.1 Å². The van der Waals surface area contributed by atoms with Crippen molar-refractivity contribution in [3.63, 3.8) is 0 Å². The first-order chi connectivity index (χ1) is 10.7. The monoisotopic (exact) mass is 382 g/mol. The minimum Gasteiger partial charge on any atom is -0.328 e. The topological polar surface area (TPSA) is 33.2 Å². The number of aromatic nitrogens is 1. The maximum atomic E-state index is 12.5. The molecule has 0 atom stereocenters. The van der Waals surface area contributed by atoms with Crippen LogP contribution in [0.25, 0.3) is 10.6 Å². The third kappa shape index (κ3) is 4.59. The molecule has 0 saturated heterocycles. The smallest absolute Gasteiger partial charge is 0.328 e. The normalized spacial score (nSPS) is 11.6. The number of hydrogen-bond acceptors (Lipinski definition) is 3. The van der Waals surface area contributed by atoms with Crippen LogP contribution in [0.2, 0.25) is 10.0 Å². The van der Waals surface area contributed by atoms with E-state index in [0.717, 1.165) is 11.3 Å². The number of hydrogen-bond donors (Lipinski definition) is 0. The van der Waals surface area contributed by atoms with Gasteiger partial charge in [-0.3, -0.25) is 4.79 Å². The predicted molar refractivity (Wildman–Crippen MR) is 85.2 cm³/mol. The zero-order valence-electron chi connectivity index (χ0n) is 11.8. The van der Waals surface area contributed by atoms with E-state index >= 15 is 0 Å². The first-order valence-electron chi connectivity index (χ1n) is 6.48. The Bertz CT molecular complexity index is 718. The zero-order chi connectivity index (χ0) is 17.2. The number of benzene rings is 1. The van der Waals surface area contributed by atoms with E-state index in [9.17, 15) is 18.0 Å². The Balaban J connectivity index is 2.25. The fourth-order valence-electron chi connectivity index (χ4n) is 1.86. The molecule has 0 aliphatic carbocycles. The van der Waals surface area contributed by atoms with E-state index in [4.69, 9.17) is 23.2 Å². The average Bonchev–Trinajstić information content (AvgIpc) is 2.92. The molecule has 0 fully saturated rings. The quantitative estimate of drug-likeness (QED) is 0.733. The maximum absolute atomic E-state index is 12.5. The van der Waals surface area contributed by atoms with Gasteiger partial charge in [-0.05, 0) is 25.1 Å². The van der Waals surface area contributed by atoms with Gasteiger partial charge in [-0.25, -0.2) is 4.98 Å². The molecule has 0 spiro atoms. The molecule has 0 aliphatic rings. The molecular formula is C14H11Cl2F3N2OS. The molecule has 1 heterocycles. The highest BCUT2D eigenvalue weighted by Gasteiger charge is 2.33. The number of amides is 1. The molecule has 0 aliphatic heterocycles. The Hall–Kier alpha value is -1.31. The van der Waals surface area contributed by atoms with Gasteiger partial charge in [-0.15, -0.1) is 11.3 Å². The Morgan fingerprint density at radius 2 is 2.04 bits per heavy atom. The molecule has 2 rings (SSSR count). The third-order valence-electron chi connectivity index (χ3n) is 2.92. The lowest BCUT2D eigenvalue weighted by atomic mass is 10.2. The van der Waals surface area contributed by atoms with Crippen LogP contribution in [0, 0.1) is 0 Å². The molecule has 1 aromatic carbocycles. The van der Waals surface area contributed by atoms with E-state index in [-0.39, 0.29) is 12.2 Å². The molecule has 0 unspecified atom stereocenters. The standard InChI is InChI=1S/C14H11Cl2F3N2OS/c1-2-21(7-14(17,18)19)13(22)11-6-23-12(20-11)9-4-3-8(15)5-10(9)16/h3-6H,2,7H2,1H3. The van der Waals surface area contributed by atoms with Crippen LogP contribution >= 0.6 is 34.5 Å². The molecular weight excluding hydrogens is 372 g/mol. The highest BCUT2D eigenvalue weighted by atomic mass is 35.5. The van der Waals surface area contributed by atoms with Gasteiger partial charge >= 0.3 is 6.18 Å². The van der Waals surface area contributed by atoms with Crippen molar-refractivity contribution in [2.75, 3.05) is 13.1 Å². The number of nitrogens with zero attached hydrogens (tertiary/aromatic N) is 2. The second kappa shape index (κ2) is 7.07. The first kappa shape index (κ1) is 18.0. The number of thiazole rings is 1. The van der Waals surface area contributed by atoms with Crippen LogP contribution in [0.4, 0.5) is 13.2 Å². The molecule has 0 N–H and O–H groups in total. The summed E-state index contributed by atoms with van der Waals surface area (Å²) >= 11 is 13.0. The van der Waals surface area contributed by atoms with Gasteiger partial charge in [0.1, 0.15) is 17.2 Å². The average molecular weight is 383 g/mol. The fraction of sp³-hybridized carbons (Fsp3) is 0.286. The van der Waals surface area contributed by atoms with Crippen molar-refractivity contribution in [2.45, 2.75) is 13.1 Å². The van der Waals surface area contributed by atoms with Crippen LogP contribution in [0.5, 0.6) is 0 Å². The lowest BCUT2D eigenvalue weighted by molar-refractivity contribution is -0.140. The Labute approximate surface area is 144 Å². The van der Waals surface area contributed by atoms with Crippen molar-refractivity contribution in [3.05, 3.63) is 39.3 Å². The minimum absolute atomic E-state index is 0.0397. The van der Waals surface area contributed by atoms with E-state index < -0.39 is 18.6 Å². The van der Waals surface area contributed by atoms with Crippen LogP contribution in [0.1, 0.15) is 17.4 Å². The van der Waals surface area contributed by atoms with E-state index in [1.807, 2.05) is 0 Å². The maximum Gasteiger partial charge on any atom is 0.406 e. The van der Waals surface area contributed by atoms with Gasteiger partial charge in [-0.1, -0.05) is 23.2 Å². The van der Waals surface area contributed by atoms with Crippen LogP contribution in [0.3, 0.4) is 0 Å². The van der Waals surface area contributed by atoms with Gasteiger partial charge in [0.25, 0.3) is 5.91 Å². The summed E-state index contributed by atoms with van der Waals surface area (Å²) in [6.07, 6.45) is -4.45. The van der Waals surface area contributed by atoms with Gasteiger partial charge < -0.3 is 4.90 Å². The predicted octanol–water partition coefficient (Wildman–Crippen LogP) is 5.14. The SMILES string of the molecule is CCN(CC(F)(F)F)C(=O)c1csc(-c2ccc(Cl)cc2Cl)n1. The summed E-state index contributed by atoms with van der Waals surface area (Å²) in [5.41, 5.74) is 0.529. The van der Waals surface area contributed by atoms with Crippen molar-refractivity contribution in [1.82, 2.24) is 9.88 Å². The summed E-state index contributed by atoms with van der Waals surface area (Å²) < 4.78 is 37.5. The van der Waals surface area contributed by atoms with E-state index in [0.29, 0.717) is 25.5 Å². The molecule has 2 aromatic rings. The van der Waals surface area contributed by atoms with Gasteiger partial charge in [0, 0.05) is 22.5 Å². The summed E-state index contributed by atoms with van der Waals surface area (Å²) in [7, 11) is 0. The Morgan fingerprint density at radius 1 is 1.35 bits per heavy atom. The Kier molecular flexibility index (Phi) is 5.54. The molecule has 0 saturated carbocycles. The van der Waals surface area contributed by atoms with Crippen molar-refractivity contribution in [2.24, 2.45) is 0 Å². The van der Waals surface area contributed by atoms with E-state index in [1.165, 1.54) is 18.4 Å². The van der Waals surface area contributed by atoms with Crippen molar-refractivity contribution in [1.29, 1.82) is 0 Å². The molecule has 23 heavy (non-hydrogen) atoms. The molecule has 0 bridgehead atoms. The Morgan fingerprint density at radius 3 is 2.61 bits per heavy atom. The second-order valence-electron chi connectivity index (χ2n) is 4.60. The zero-order valence-corrected chi connectivity index (χ0v) is 14.2. The van der Waals surface area contributed by atoms with Crippen molar-refractivity contribution < 1.29 is 18.0 Å². The largest absolute Gasteiger partial charge is 0.406 e. The lowest BCUT2D eigenvalue weighted by Gasteiger charge is -2.21. The molecule has 1 amide bonds. The number of alkyl halides is 3. The van der Waals surface area contributed by atoms with Gasteiger partial charge in [0.2, 0.25) is 0 Å². The summed E-state index contributed by atoms with van der Waals surface area (Å²) in [5, 5.41) is 2.67. The molecule has 124 valence electrons.